The number of carbonyl (C=O) groups excluding carboxylic acids is 2. The predicted octanol–water partition coefficient (Wildman–Crippen LogP) is 4.21. The van der Waals surface area contributed by atoms with Crippen molar-refractivity contribution in [2.24, 2.45) is 0 Å². The molecular weight excluding hydrogens is 312 g/mol. The van der Waals surface area contributed by atoms with Crippen LogP contribution >= 0.6 is 11.3 Å². The number of hydrogen-bond donors (Lipinski definition) is 0. The van der Waals surface area contributed by atoms with Crippen LogP contribution in [0.4, 0.5) is 9.93 Å². The van der Waals surface area contributed by atoms with E-state index in [-0.39, 0.29) is 12.4 Å². The summed E-state index contributed by atoms with van der Waals surface area (Å²) in [5, 5.41) is 0.507. The van der Waals surface area contributed by atoms with Crippen LogP contribution in [0.2, 0.25) is 0 Å². The molecule has 0 atom stereocenters. The van der Waals surface area contributed by atoms with Crippen molar-refractivity contribution < 1.29 is 14.3 Å². The van der Waals surface area contributed by atoms with E-state index < -0.39 is 6.09 Å². The zero-order chi connectivity index (χ0) is 16.8. The van der Waals surface area contributed by atoms with Crippen LogP contribution in [0, 0.1) is 6.92 Å². The normalized spacial score (nSPS) is 10.4. The molecule has 0 fully saturated rings. The molecule has 122 valence electrons. The smallest absolute Gasteiger partial charge is 0.416 e. The van der Waals surface area contributed by atoms with E-state index in [1.807, 2.05) is 37.3 Å². The molecule has 0 radical (unpaired) electrons. The lowest BCUT2D eigenvalue weighted by molar-refractivity contribution is 0.102. The van der Waals surface area contributed by atoms with E-state index in [1.54, 1.807) is 6.92 Å². The molecule has 6 heteroatoms. The van der Waals surface area contributed by atoms with E-state index in [2.05, 4.69) is 4.98 Å². The van der Waals surface area contributed by atoms with Gasteiger partial charge in [-0.25, -0.2) is 9.78 Å². The van der Waals surface area contributed by atoms with Crippen molar-refractivity contribution in [2.75, 3.05) is 11.4 Å². The van der Waals surface area contributed by atoms with Crippen LogP contribution in [0.25, 0.3) is 0 Å². The predicted molar refractivity (Wildman–Crippen MR) is 91.1 cm³/mol. The molecule has 23 heavy (non-hydrogen) atoms. The summed E-state index contributed by atoms with van der Waals surface area (Å²) in [6, 6.07) is 9.51. The average molecular weight is 332 g/mol. The third-order valence-electron chi connectivity index (χ3n) is 3.21. The van der Waals surface area contributed by atoms with Crippen LogP contribution in [-0.4, -0.2) is 23.4 Å². The maximum atomic E-state index is 12.4. The first-order valence-corrected chi connectivity index (χ1v) is 8.31. The minimum Gasteiger partial charge on any atom is -0.444 e. The molecule has 1 amide bonds. The first-order chi connectivity index (χ1) is 11.0. The lowest BCUT2D eigenvalue weighted by atomic mass is 10.2. The molecule has 0 saturated carbocycles. The third kappa shape index (κ3) is 4.39. The van der Waals surface area contributed by atoms with Crippen molar-refractivity contribution in [1.82, 2.24) is 4.98 Å². The Morgan fingerprint density at radius 1 is 1.26 bits per heavy atom. The van der Waals surface area contributed by atoms with E-state index >= 15 is 0 Å². The van der Waals surface area contributed by atoms with Gasteiger partial charge in [0.2, 0.25) is 0 Å². The molecule has 0 N–H and O–H groups in total. The Morgan fingerprint density at radius 3 is 2.52 bits per heavy atom. The van der Waals surface area contributed by atoms with E-state index in [9.17, 15) is 9.59 Å². The minimum absolute atomic E-state index is 0.0413. The lowest BCUT2D eigenvalue weighted by Gasteiger charge is -2.18. The lowest BCUT2D eigenvalue weighted by Crippen LogP contribution is -2.32. The number of ether oxygens (including phenoxy) is 1. The molecule has 1 aromatic carbocycles. The van der Waals surface area contributed by atoms with Crippen molar-refractivity contribution in [1.29, 1.82) is 0 Å². The van der Waals surface area contributed by atoms with Gasteiger partial charge in [-0.2, -0.15) is 0 Å². The van der Waals surface area contributed by atoms with Gasteiger partial charge >= 0.3 is 6.09 Å². The molecule has 0 saturated heterocycles. The zero-order valence-electron chi connectivity index (χ0n) is 13.5. The summed E-state index contributed by atoms with van der Waals surface area (Å²) in [6.45, 7) is 5.96. The molecule has 0 unspecified atom stereocenters. The van der Waals surface area contributed by atoms with Crippen molar-refractivity contribution in [3.05, 3.63) is 46.5 Å². The van der Waals surface area contributed by atoms with Gasteiger partial charge < -0.3 is 4.74 Å². The summed E-state index contributed by atoms with van der Waals surface area (Å²) >= 11 is 1.23. The van der Waals surface area contributed by atoms with Gasteiger partial charge in [-0.1, -0.05) is 48.6 Å². The number of ketones is 1. The van der Waals surface area contributed by atoms with E-state index in [0.717, 1.165) is 12.0 Å². The number of thiazole rings is 1. The average Bonchev–Trinajstić information content (AvgIpc) is 2.93. The Hall–Kier alpha value is -2.21. The highest BCUT2D eigenvalue weighted by Crippen LogP contribution is 2.27. The third-order valence-corrected chi connectivity index (χ3v) is 4.49. The summed E-state index contributed by atoms with van der Waals surface area (Å²) in [6.07, 6.45) is 0.327. The standard InChI is InChI=1S/C17H20N2O3S/c1-4-10-19(16-18-12(2)15(23-16)13(3)20)17(21)22-11-14-8-6-5-7-9-14/h5-9H,4,10-11H2,1-3H3. The number of benzene rings is 1. The molecule has 2 rings (SSSR count). The Bertz CT molecular complexity index is 682. The maximum absolute atomic E-state index is 12.4. The van der Waals surface area contributed by atoms with E-state index in [0.29, 0.717) is 22.2 Å². The molecular formula is C17H20N2O3S. The topological polar surface area (TPSA) is 59.5 Å². The monoisotopic (exact) mass is 332 g/mol. The SMILES string of the molecule is CCCN(C(=O)OCc1ccccc1)c1nc(C)c(C(C)=O)s1. The second-order valence-corrected chi connectivity index (χ2v) is 6.14. The number of rotatable bonds is 6. The molecule has 0 aliphatic rings. The highest BCUT2D eigenvalue weighted by Gasteiger charge is 2.22. The number of amides is 1. The number of carbonyl (C=O) groups is 2. The second-order valence-electron chi connectivity index (χ2n) is 5.16. The quantitative estimate of drug-likeness (QED) is 0.744. The first-order valence-electron chi connectivity index (χ1n) is 7.49. The van der Waals surface area contributed by atoms with Gasteiger partial charge in [0.25, 0.3) is 0 Å². The number of hydrogen-bond acceptors (Lipinski definition) is 5. The van der Waals surface area contributed by atoms with Gasteiger partial charge in [0.15, 0.2) is 10.9 Å². The molecule has 2 aromatic rings. The van der Waals surface area contributed by atoms with Crippen LogP contribution in [0.3, 0.4) is 0 Å². The summed E-state index contributed by atoms with van der Waals surface area (Å²) in [4.78, 5) is 30.4. The largest absolute Gasteiger partial charge is 0.444 e. The summed E-state index contributed by atoms with van der Waals surface area (Å²) < 4.78 is 5.38. The molecule has 0 aliphatic heterocycles. The molecule has 0 aliphatic carbocycles. The maximum Gasteiger partial charge on any atom is 0.416 e. The Balaban J connectivity index is 2.12. The van der Waals surface area contributed by atoms with Gasteiger partial charge in [0.1, 0.15) is 6.61 Å². The number of nitrogens with zero attached hydrogens (tertiary/aromatic N) is 2. The molecule has 0 bridgehead atoms. The number of anilines is 1. The molecule has 1 aromatic heterocycles. The van der Waals surface area contributed by atoms with Crippen LogP contribution < -0.4 is 4.90 Å². The van der Waals surface area contributed by atoms with Crippen LogP contribution in [0.5, 0.6) is 0 Å². The number of Topliss-reactive ketones (excluding diaryl/α,β-unsaturated/α-hetero) is 1. The van der Waals surface area contributed by atoms with Gasteiger partial charge in [0, 0.05) is 13.5 Å². The Kier molecular flexibility index (Phi) is 5.87. The Morgan fingerprint density at radius 2 is 1.96 bits per heavy atom. The molecule has 5 nitrogen and oxygen atoms in total. The fourth-order valence-corrected chi connectivity index (χ4v) is 3.09. The highest BCUT2D eigenvalue weighted by molar-refractivity contribution is 7.17. The first kappa shape index (κ1) is 17.1. The van der Waals surface area contributed by atoms with Crippen molar-refractivity contribution >= 4 is 28.3 Å². The summed E-state index contributed by atoms with van der Waals surface area (Å²) in [5.74, 6) is -0.0413. The van der Waals surface area contributed by atoms with Crippen LogP contribution in [0.1, 0.15) is 41.2 Å². The fourth-order valence-electron chi connectivity index (χ4n) is 2.11. The van der Waals surface area contributed by atoms with Gasteiger partial charge in [-0.05, 0) is 18.9 Å². The summed E-state index contributed by atoms with van der Waals surface area (Å²) in [5.41, 5.74) is 1.58. The summed E-state index contributed by atoms with van der Waals surface area (Å²) in [7, 11) is 0. The van der Waals surface area contributed by atoms with Crippen molar-refractivity contribution in [3.8, 4) is 0 Å². The van der Waals surface area contributed by atoms with Gasteiger partial charge in [-0.3, -0.25) is 9.69 Å². The zero-order valence-corrected chi connectivity index (χ0v) is 14.4. The van der Waals surface area contributed by atoms with Crippen molar-refractivity contribution in [2.45, 2.75) is 33.8 Å². The fraction of sp³-hybridized carbons (Fsp3) is 0.353. The van der Waals surface area contributed by atoms with Gasteiger partial charge in [-0.15, -0.1) is 0 Å². The van der Waals surface area contributed by atoms with Crippen molar-refractivity contribution in [3.63, 3.8) is 0 Å². The number of aromatic nitrogens is 1. The number of aryl methyl sites for hydroxylation is 1. The van der Waals surface area contributed by atoms with Gasteiger partial charge in [0.05, 0.1) is 10.6 Å². The molecule has 0 spiro atoms. The highest BCUT2D eigenvalue weighted by atomic mass is 32.1. The van der Waals surface area contributed by atoms with Crippen LogP contribution in [0.15, 0.2) is 30.3 Å². The Labute approximate surface area is 139 Å². The second kappa shape index (κ2) is 7.87. The van der Waals surface area contributed by atoms with E-state index in [1.165, 1.54) is 23.2 Å². The van der Waals surface area contributed by atoms with Crippen LogP contribution in [-0.2, 0) is 11.3 Å². The van der Waals surface area contributed by atoms with E-state index in [4.69, 9.17) is 4.74 Å². The molecule has 1 heterocycles. The minimum atomic E-state index is -0.445.